The molecule has 0 saturated carbocycles. The summed E-state index contributed by atoms with van der Waals surface area (Å²) in [7, 11) is 0. The minimum atomic E-state index is -0.00227. The lowest BCUT2D eigenvalue weighted by Gasteiger charge is -2.06. The zero-order chi connectivity index (χ0) is 10.6. The summed E-state index contributed by atoms with van der Waals surface area (Å²) in [5.41, 5.74) is 1.89. The molecule has 0 radical (unpaired) electrons. The highest BCUT2D eigenvalue weighted by Gasteiger charge is 2.09. The van der Waals surface area contributed by atoms with Gasteiger partial charge in [-0.25, -0.2) is 0 Å². The number of aryl methyl sites for hydroxylation is 1. The monoisotopic (exact) mass is 367 g/mol. The van der Waals surface area contributed by atoms with Gasteiger partial charge in [0.05, 0.1) is 5.56 Å². The number of hydrogen-bond donors (Lipinski definition) is 1. The second kappa shape index (κ2) is 5.70. The number of benzene rings is 1. The molecule has 0 aromatic heterocycles. The summed E-state index contributed by atoms with van der Waals surface area (Å²) < 4.78 is 1.03. The third kappa shape index (κ3) is 2.95. The molecular formula is C10H11BrINO. The molecule has 0 aliphatic heterocycles. The van der Waals surface area contributed by atoms with Gasteiger partial charge in [0.15, 0.2) is 0 Å². The third-order valence-corrected chi connectivity index (χ3v) is 3.64. The zero-order valence-corrected chi connectivity index (χ0v) is 11.6. The first-order valence-corrected chi connectivity index (χ1v) is 6.46. The van der Waals surface area contributed by atoms with Crippen molar-refractivity contribution in [1.82, 2.24) is 5.32 Å². The van der Waals surface area contributed by atoms with E-state index in [1.54, 1.807) is 0 Å². The van der Waals surface area contributed by atoms with E-state index in [9.17, 15) is 4.79 Å². The number of halogens is 2. The summed E-state index contributed by atoms with van der Waals surface area (Å²) in [5, 5.41) is 3.60. The van der Waals surface area contributed by atoms with Crippen LogP contribution in [0.15, 0.2) is 18.2 Å². The Morgan fingerprint density at radius 2 is 2.29 bits per heavy atom. The van der Waals surface area contributed by atoms with E-state index in [1.807, 2.05) is 25.1 Å². The van der Waals surface area contributed by atoms with Gasteiger partial charge >= 0.3 is 0 Å². The van der Waals surface area contributed by atoms with Gasteiger partial charge < -0.3 is 5.32 Å². The molecule has 0 unspecified atom stereocenters. The molecule has 0 bridgehead atoms. The van der Waals surface area contributed by atoms with Crippen molar-refractivity contribution < 1.29 is 4.79 Å². The van der Waals surface area contributed by atoms with Crippen molar-refractivity contribution in [2.75, 3.05) is 11.9 Å². The van der Waals surface area contributed by atoms with Crippen molar-refractivity contribution in [3.8, 4) is 0 Å². The van der Waals surface area contributed by atoms with Gasteiger partial charge in [0.1, 0.15) is 0 Å². The first-order valence-electron chi connectivity index (χ1n) is 4.26. The zero-order valence-electron chi connectivity index (χ0n) is 7.81. The van der Waals surface area contributed by atoms with Crippen molar-refractivity contribution in [3.63, 3.8) is 0 Å². The van der Waals surface area contributed by atoms with E-state index in [-0.39, 0.29) is 5.91 Å². The van der Waals surface area contributed by atoms with Crippen LogP contribution in [0, 0.1) is 10.5 Å². The molecule has 4 heteroatoms. The van der Waals surface area contributed by atoms with Crippen LogP contribution in [0.2, 0.25) is 0 Å². The Balaban J connectivity index is 2.84. The Morgan fingerprint density at radius 3 is 2.93 bits per heavy atom. The van der Waals surface area contributed by atoms with Crippen LogP contribution in [0.4, 0.5) is 0 Å². The third-order valence-electron chi connectivity index (χ3n) is 1.82. The lowest BCUT2D eigenvalue weighted by Crippen LogP contribution is -2.26. The Morgan fingerprint density at radius 1 is 1.57 bits per heavy atom. The summed E-state index contributed by atoms with van der Waals surface area (Å²) >= 11 is 5.47. The molecule has 2 nitrogen and oxygen atoms in total. The first-order chi connectivity index (χ1) is 6.66. The van der Waals surface area contributed by atoms with Gasteiger partial charge in [-0.15, -0.1) is 0 Å². The highest BCUT2D eigenvalue weighted by Crippen LogP contribution is 2.16. The number of alkyl halides is 1. The van der Waals surface area contributed by atoms with Crippen LogP contribution in [0.25, 0.3) is 0 Å². The molecule has 0 saturated heterocycles. The van der Waals surface area contributed by atoms with Gasteiger partial charge in [-0.2, -0.15) is 0 Å². The number of carbonyl (C=O) groups excluding carboxylic acids is 1. The van der Waals surface area contributed by atoms with Crippen LogP contribution in [-0.2, 0) is 0 Å². The first kappa shape index (κ1) is 12.0. The highest BCUT2D eigenvalue weighted by atomic mass is 127. The number of hydrogen-bond acceptors (Lipinski definition) is 1. The summed E-state index contributed by atoms with van der Waals surface area (Å²) in [6.45, 7) is 2.66. The van der Waals surface area contributed by atoms with Crippen LogP contribution in [0.3, 0.4) is 0 Å². The minimum Gasteiger partial charge on any atom is -0.351 e. The molecule has 0 fully saturated rings. The molecule has 0 aliphatic rings. The molecule has 0 heterocycles. The maximum atomic E-state index is 11.6. The van der Waals surface area contributed by atoms with E-state index in [1.165, 1.54) is 0 Å². The Bertz CT molecular complexity index is 341. The molecule has 1 rings (SSSR count). The van der Waals surface area contributed by atoms with Crippen molar-refractivity contribution >= 4 is 44.4 Å². The highest BCUT2D eigenvalue weighted by molar-refractivity contribution is 14.1. The normalized spacial score (nSPS) is 9.93. The summed E-state index contributed by atoms with van der Waals surface area (Å²) in [5.74, 6) is -0.00227. The average Bonchev–Trinajstić information content (AvgIpc) is 2.18. The van der Waals surface area contributed by atoms with Crippen molar-refractivity contribution in [2.45, 2.75) is 6.92 Å². The number of amides is 1. The molecule has 14 heavy (non-hydrogen) atoms. The van der Waals surface area contributed by atoms with Crippen molar-refractivity contribution in [3.05, 3.63) is 32.9 Å². The number of rotatable bonds is 3. The van der Waals surface area contributed by atoms with E-state index in [2.05, 4.69) is 43.8 Å². The van der Waals surface area contributed by atoms with Crippen molar-refractivity contribution in [2.24, 2.45) is 0 Å². The lowest BCUT2D eigenvalue weighted by atomic mass is 10.1. The largest absolute Gasteiger partial charge is 0.351 e. The minimum absolute atomic E-state index is 0.00227. The summed E-state index contributed by atoms with van der Waals surface area (Å²) in [6, 6.07) is 5.75. The van der Waals surface area contributed by atoms with E-state index in [0.717, 1.165) is 20.0 Å². The maximum Gasteiger partial charge on any atom is 0.252 e. The topological polar surface area (TPSA) is 29.1 Å². The van der Waals surface area contributed by atoms with E-state index in [4.69, 9.17) is 0 Å². The molecule has 76 valence electrons. The van der Waals surface area contributed by atoms with Crippen LogP contribution in [0.1, 0.15) is 15.9 Å². The van der Waals surface area contributed by atoms with E-state index < -0.39 is 0 Å². The number of nitrogens with one attached hydrogen (secondary N) is 1. The van der Waals surface area contributed by atoms with Crippen LogP contribution in [-0.4, -0.2) is 17.8 Å². The fourth-order valence-corrected chi connectivity index (χ4v) is 1.88. The predicted octanol–water partition coefficient (Wildman–Crippen LogP) is 2.72. The quantitative estimate of drug-likeness (QED) is 0.646. The van der Waals surface area contributed by atoms with E-state index >= 15 is 0 Å². The molecule has 0 aliphatic carbocycles. The molecule has 0 atom stereocenters. The van der Waals surface area contributed by atoms with E-state index in [0.29, 0.717) is 6.54 Å². The van der Waals surface area contributed by atoms with Gasteiger partial charge in [-0.1, -0.05) is 28.1 Å². The Kier molecular flexibility index (Phi) is 4.88. The molecule has 0 spiro atoms. The summed E-state index contributed by atoms with van der Waals surface area (Å²) in [6.07, 6.45) is 0. The molecule has 1 N–H and O–H groups in total. The molecule has 1 aromatic rings. The van der Waals surface area contributed by atoms with Gasteiger partial charge in [-0.3, -0.25) is 4.79 Å². The van der Waals surface area contributed by atoms with Crippen LogP contribution < -0.4 is 5.32 Å². The Hall–Kier alpha value is -0.100. The SMILES string of the molecule is Cc1cccc(C(=O)NCCBr)c1I. The van der Waals surface area contributed by atoms with Gasteiger partial charge in [-0.05, 0) is 41.1 Å². The summed E-state index contributed by atoms with van der Waals surface area (Å²) in [4.78, 5) is 11.6. The molecule has 1 amide bonds. The van der Waals surface area contributed by atoms with Gasteiger partial charge in [0.25, 0.3) is 5.91 Å². The molecule has 1 aromatic carbocycles. The predicted molar refractivity (Wildman–Crippen MR) is 70.0 cm³/mol. The fourth-order valence-electron chi connectivity index (χ4n) is 1.08. The lowest BCUT2D eigenvalue weighted by molar-refractivity contribution is 0.0955. The Labute approximate surface area is 106 Å². The van der Waals surface area contributed by atoms with Crippen LogP contribution >= 0.6 is 38.5 Å². The standard InChI is InChI=1S/C10H11BrINO/c1-7-3-2-4-8(9(7)12)10(14)13-6-5-11/h2-4H,5-6H2,1H3,(H,13,14). The smallest absolute Gasteiger partial charge is 0.252 e. The second-order valence-electron chi connectivity index (χ2n) is 2.88. The van der Waals surface area contributed by atoms with Crippen LogP contribution in [0.5, 0.6) is 0 Å². The second-order valence-corrected chi connectivity index (χ2v) is 4.75. The average molecular weight is 368 g/mol. The molecular weight excluding hydrogens is 357 g/mol. The maximum absolute atomic E-state index is 11.6. The van der Waals surface area contributed by atoms with Gasteiger partial charge in [0, 0.05) is 15.4 Å². The number of carbonyl (C=O) groups is 1. The fraction of sp³-hybridized carbons (Fsp3) is 0.300. The van der Waals surface area contributed by atoms with Gasteiger partial charge in [0.2, 0.25) is 0 Å². The van der Waals surface area contributed by atoms with Crippen molar-refractivity contribution in [1.29, 1.82) is 0 Å².